The fourth-order valence-corrected chi connectivity index (χ4v) is 5.62. The summed E-state index contributed by atoms with van der Waals surface area (Å²) in [7, 11) is 0. The van der Waals surface area contributed by atoms with E-state index >= 15 is 0 Å². The molecule has 4 aromatic rings. The molecule has 170 valence electrons. The Balaban J connectivity index is 1.82. The number of rotatable bonds is 7. The average molecular weight is 702 g/mol. The summed E-state index contributed by atoms with van der Waals surface area (Å²) in [5, 5.41) is 0. The van der Waals surface area contributed by atoms with Crippen molar-refractivity contribution in [1.29, 1.82) is 0 Å². The summed E-state index contributed by atoms with van der Waals surface area (Å²) < 4.78 is 4.31. The number of hydrogen-bond acceptors (Lipinski definition) is 0. The summed E-state index contributed by atoms with van der Waals surface area (Å²) in [5.41, 5.74) is 4.84. The molecular formula is C30H22Br4. The Morgan fingerprint density at radius 1 is 0.441 bits per heavy atom. The number of allylic oxidation sites excluding steroid dienone is 2. The summed E-state index contributed by atoms with van der Waals surface area (Å²) >= 11 is 14.5. The van der Waals surface area contributed by atoms with Crippen LogP contribution in [0.25, 0.3) is 12.2 Å². The predicted octanol–water partition coefficient (Wildman–Crippen LogP) is 11.0. The lowest BCUT2D eigenvalue weighted by molar-refractivity contribution is 0.742. The average Bonchev–Trinajstić information content (AvgIpc) is 2.81. The first-order valence-corrected chi connectivity index (χ1v) is 14.0. The normalized spacial score (nSPS) is 13.4. The molecule has 0 aliphatic carbocycles. The van der Waals surface area contributed by atoms with Gasteiger partial charge in [0.25, 0.3) is 0 Å². The van der Waals surface area contributed by atoms with Gasteiger partial charge >= 0.3 is 0 Å². The van der Waals surface area contributed by atoms with Gasteiger partial charge in [0, 0.05) is 29.7 Å². The smallest absolute Gasteiger partial charge is 0.0181 e. The molecule has 0 N–H and O–H groups in total. The maximum Gasteiger partial charge on any atom is 0.0181 e. The van der Waals surface area contributed by atoms with Gasteiger partial charge in [0.15, 0.2) is 0 Å². The molecule has 4 aromatic carbocycles. The molecule has 0 radical (unpaired) electrons. The van der Waals surface area contributed by atoms with Crippen LogP contribution in [0.1, 0.15) is 34.1 Å². The van der Waals surface area contributed by atoms with Crippen molar-refractivity contribution in [3.8, 4) is 0 Å². The van der Waals surface area contributed by atoms with E-state index in [0.29, 0.717) is 0 Å². The SMILES string of the molecule is Brc1cccc(/C=C/[C@H](c2cccc(Br)c2)[C@@H](/C=C/c2cccc(Br)c2)c2cccc(Br)c2)c1. The highest BCUT2D eigenvalue weighted by Gasteiger charge is 2.21. The van der Waals surface area contributed by atoms with Crippen molar-refractivity contribution >= 4 is 75.9 Å². The van der Waals surface area contributed by atoms with Crippen molar-refractivity contribution in [3.63, 3.8) is 0 Å². The molecule has 0 nitrogen and oxygen atoms in total. The highest BCUT2D eigenvalue weighted by Crippen LogP contribution is 2.38. The van der Waals surface area contributed by atoms with Crippen molar-refractivity contribution < 1.29 is 0 Å². The van der Waals surface area contributed by atoms with E-state index in [1.54, 1.807) is 0 Å². The first kappa shape index (κ1) is 25.4. The number of benzene rings is 4. The van der Waals surface area contributed by atoms with Gasteiger partial charge in [-0.05, 0) is 70.8 Å². The van der Waals surface area contributed by atoms with Crippen LogP contribution in [-0.4, -0.2) is 0 Å². The molecule has 4 rings (SSSR count). The van der Waals surface area contributed by atoms with Gasteiger partial charge in [-0.3, -0.25) is 0 Å². The van der Waals surface area contributed by atoms with E-state index in [9.17, 15) is 0 Å². The lowest BCUT2D eigenvalue weighted by Crippen LogP contribution is -2.08. The summed E-state index contributed by atoms with van der Waals surface area (Å²) in [6, 6.07) is 34.0. The minimum absolute atomic E-state index is 0.134. The van der Waals surface area contributed by atoms with Crippen LogP contribution in [0, 0.1) is 0 Å². The van der Waals surface area contributed by atoms with Crippen molar-refractivity contribution in [2.24, 2.45) is 0 Å². The Morgan fingerprint density at radius 3 is 1.15 bits per heavy atom. The maximum atomic E-state index is 3.68. The molecule has 0 saturated carbocycles. The molecule has 0 aliphatic heterocycles. The van der Waals surface area contributed by atoms with Gasteiger partial charge in [0.2, 0.25) is 0 Å². The molecule has 0 saturated heterocycles. The van der Waals surface area contributed by atoms with E-state index < -0.39 is 0 Å². The summed E-state index contributed by atoms with van der Waals surface area (Å²) in [5.74, 6) is 0.267. The fourth-order valence-electron chi connectivity index (χ4n) is 3.95. The zero-order valence-electron chi connectivity index (χ0n) is 18.2. The van der Waals surface area contributed by atoms with Crippen LogP contribution in [0.3, 0.4) is 0 Å². The fraction of sp³-hybridized carbons (Fsp3) is 0.0667. The molecule has 0 unspecified atom stereocenters. The molecule has 34 heavy (non-hydrogen) atoms. The lowest BCUT2D eigenvalue weighted by Gasteiger charge is -2.24. The second-order valence-electron chi connectivity index (χ2n) is 7.99. The van der Waals surface area contributed by atoms with Crippen molar-refractivity contribution in [2.45, 2.75) is 11.8 Å². The van der Waals surface area contributed by atoms with E-state index in [1.807, 2.05) is 12.1 Å². The van der Waals surface area contributed by atoms with E-state index in [4.69, 9.17) is 0 Å². The van der Waals surface area contributed by atoms with Gasteiger partial charge in [-0.15, -0.1) is 0 Å². The van der Waals surface area contributed by atoms with Crippen LogP contribution in [0.2, 0.25) is 0 Å². The van der Waals surface area contributed by atoms with Gasteiger partial charge in [-0.25, -0.2) is 0 Å². The third kappa shape index (κ3) is 7.14. The van der Waals surface area contributed by atoms with Gasteiger partial charge in [-0.2, -0.15) is 0 Å². The largest absolute Gasteiger partial charge is 0.0755 e. The van der Waals surface area contributed by atoms with Crippen LogP contribution < -0.4 is 0 Å². The molecule has 2 atom stereocenters. The van der Waals surface area contributed by atoms with Crippen LogP contribution in [-0.2, 0) is 0 Å². The third-order valence-corrected chi connectivity index (χ3v) is 7.52. The molecule has 0 fully saturated rings. The lowest BCUT2D eigenvalue weighted by atomic mass is 9.80. The molecule has 0 amide bonds. The predicted molar refractivity (Wildman–Crippen MR) is 160 cm³/mol. The van der Waals surface area contributed by atoms with E-state index in [1.165, 1.54) is 22.3 Å². The Hall–Kier alpha value is -1.72. The standard InChI is InChI=1S/C30H22Br4/c31-25-9-1-5-21(17-25)13-15-29(23-7-3-11-27(33)19-23)30(24-8-4-12-28(34)20-24)16-14-22-6-2-10-26(32)18-22/h1-20,29-30H/b15-13+,16-14+/t29-,30+. The second-order valence-corrected chi connectivity index (χ2v) is 11.7. The minimum atomic E-state index is 0.134. The van der Waals surface area contributed by atoms with Gasteiger partial charge in [0.05, 0.1) is 0 Å². The Kier molecular flexibility index (Phi) is 9.18. The minimum Gasteiger partial charge on any atom is -0.0755 e. The monoisotopic (exact) mass is 698 g/mol. The number of hydrogen-bond donors (Lipinski definition) is 0. The van der Waals surface area contributed by atoms with E-state index in [0.717, 1.165) is 17.9 Å². The zero-order valence-corrected chi connectivity index (χ0v) is 24.6. The van der Waals surface area contributed by atoms with Gasteiger partial charge in [0.1, 0.15) is 0 Å². The topological polar surface area (TPSA) is 0 Å². The van der Waals surface area contributed by atoms with Crippen molar-refractivity contribution in [3.05, 3.63) is 149 Å². The van der Waals surface area contributed by atoms with Crippen LogP contribution in [0.15, 0.2) is 127 Å². The molecular weight excluding hydrogens is 680 g/mol. The first-order valence-electron chi connectivity index (χ1n) is 10.9. The van der Waals surface area contributed by atoms with E-state index in [-0.39, 0.29) is 11.8 Å². The van der Waals surface area contributed by atoms with Crippen LogP contribution in [0.4, 0.5) is 0 Å². The third-order valence-electron chi connectivity index (χ3n) is 5.54. The molecule has 0 aliphatic rings. The highest BCUT2D eigenvalue weighted by atomic mass is 79.9. The van der Waals surface area contributed by atoms with Crippen molar-refractivity contribution in [1.82, 2.24) is 0 Å². The Morgan fingerprint density at radius 2 is 0.794 bits per heavy atom. The van der Waals surface area contributed by atoms with Crippen LogP contribution in [0.5, 0.6) is 0 Å². The molecule has 0 aromatic heterocycles. The molecule has 0 spiro atoms. The number of halogens is 4. The second kappa shape index (κ2) is 12.3. The van der Waals surface area contributed by atoms with E-state index in [2.05, 4.69) is 173 Å². The van der Waals surface area contributed by atoms with Crippen LogP contribution >= 0.6 is 63.7 Å². The van der Waals surface area contributed by atoms with Crippen molar-refractivity contribution in [2.75, 3.05) is 0 Å². The Bertz CT molecular complexity index is 1220. The molecule has 0 heterocycles. The quantitative estimate of drug-likeness (QED) is 0.180. The zero-order chi connectivity index (χ0) is 23.9. The highest BCUT2D eigenvalue weighted by molar-refractivity contribution is 9.11. The maximum absolute atomic E-state index is 3.68. The molecule has 4 heteroatoms. The Labute approximate surface area is 235 Å². The van der Waals surface area contributed by atoms with Gasteiger partial charge in [-0.1, -0.05) is 137 Å². The molecule has 0 bridgehead atoms. The summed E-state index contributed by atoms with van der Waals surface area (Å²) in [4.78, 5) is 0. The van der Waals surface area contributed by atoms with Gasteiger partial charge < -0.3 is 0 Å². The summed E-state index contributed by atoms with van der Waals surface area (Å²) in [6.07, 6.45) is 9.07. The summed E-state index contributed by atoms with van der Waals surface area (Å²) in [6.45, 7) is 0. The first-order chi connectivity index (χ1) is 16.5.